The van der Waals surface area contributed by atoms with Crippen LogP contribution in [0.2, 0.25) is 0 Å². The van der Waals surface area contributed by atoms with Crippen LogP contribution in [0.4, 0.5) is 0 Å². The Hall–Kier alpha value is -1.31. The summed E-state index contributed by atoms with van der Waals surface area (Å²) >= 11 is 0. The van der Waals surface area contributed by atoms with Crippen LogP contribution in [-0.4, -0.2) is 23.4 Å². The zero-order chi connectivity index (χ0) is 16.1. The largest absolute Gasteiger partial charge is 0.340 e. The molecular formula is C20H31NO. The predicted molar refractivity (Wildman–Crippen MR) is 93.2 cm³/mol. The second-order valence-electron chi connectivity index (χ2n) is 6.90. The van der Waals surface area contributed by atoms with Crippen molar-refractivity contribution >= 4 is 5.91 Å². The summed E-state index contributed by atoms with van der Waals surface area (Å²) in [5, 5.41) is 0. The van der Waals surface area contributed by atoms with Crippen LogP contribution >= 0.6 is 0 Å². The fraction of sp³-hybridized carbons (Fsp3) is 0.650. The Bertz CT molecular complexity index is 495. The fourth-order valence-corrected chi connectivity index (χ4v) is 3.94. The molecule has 0 radical (unpaired) electrons. The molecule has 2 nitrogen and oxygen atoms in total. The molecule has 1 heterocycles. The van der Waals surface area contributed by atoms with Gasteiger partial charge >= 0.3 is 0 Å². The van der Waals surface area contributed by atoms with Gasteiger partial charge in [0.05, 0.1) is 0 Å². The van der Waals surface area contributed by atoms with E-state index in [2.05, 4.69) is 44.7 Å². The first-order chi connectivity index (χ1) is 10.5. The van der Waals surface area contributed by atoms with Gasteiger partial charge in [-0.1, -0.05) is 31.0 Å². The molecule has 0 aliphatic carbocycles. The van der Waals surface area contributed by atoms with E-state index < -0.39 is 0 Å². The molecule has 2 heteroatoms. The Morgan fingerprint density at radius 2 is 1.86 bits per heavy atom. The monoisotopic (exact) mass is 301 g/mol. The van der Waals surface area contributed by atoms with Gasteiger partial charge in [-0.25, -0.2) is 0 Å². The van der Waals surface area contributed by atoms with Crippen LogP contribution in [0.5, 0.6) is 0 Å². The summed E-state index contributed by atoms with van der Waals surface area (Å²) in [6.45, 7) is 9.66. The van der Waals surface area contributed by atoms with E-state index in [-0.39, 0.29) is 0 Å². The normalized spacial score (nSPS) is 18.5. The fourth-order valence-electron chi connectivity index (χ4n) is 3.94. The molecular weight excluding hydrogens is 270 g/mol. The second-order valence-corrected chi connectivity index (χ2v) is 6.90. The lowest BCUT2D eigenvalue weighted by atomic mass is 9.94. The van der Waals surface area contributed by atoms with E-state index in [0.29, 0.717) is 18.4 Å². The Morgan fingerprint density at radius 1 is 1.18 bits per heavy atom. The smallest absolute Gasteiger partial charge is 0.223 e. The maximum Gasteiger partial charge on any atom is 0.223 e. The number of amides is 1. The zero-order valence-electron chi connectivity index (χ0n) is 14.7. The van der Waals surface area contributed by atoms with Crippen LogP contribution in [0.15, 0.2) is 12.1 Å². The third kappa shape index (κ3) is 4.12. The molecule has 122 valence electrons. The summed E-state index contributed by atoms with van der Waals surface area (Å²) in [6, 6.07) is 4.95. The van der Waals surface area contributed by atoms with Gasteiger partial charge in [0, 0.05) is 19.0 Å². The lowest BCUT2D eigenvalue weighted by molar-refractivity contribution is -0.135. The minimum Gasteiger partial charge on any atom is -0.340 e. The van der Waals surface area contributed by atoms with Crippen molar-refractivity contribution < 1.29 is 4.79 Å². The van der Waals surface area contributed by atoms with Crippen molar-refractivity contribution in [3.8, 4) is 0 Å². The maximum atomic E-state index is 12.7. The van der Waals surface area contributed by atoms with Gasteiger partial charge in [0.2, 0.25) is 5.91 Å². The lowest BCUT2D eigenvalue weighted by Gasteiger charge is -2.36. The molecule has 2 rings (SSSR count). The molecule has 1 aromatic carbocycles. The number of hydrogen-bond donors (Lipinski definition) is 0. The summed E-state index contributed by atoms with van der Waals surface area (Å²) in [7, 11) is 0. The molecule has 1 saturated heterocycles. The highest BCUT2D eigenvalue weighted by atomic mass is 16.2. The number of carbonyl (C=O) groups excluding carboxylic acids is 1. The van der Waals surface area contributed by atoms with Gasteiger partial charge in [-0.3, -0.25) is 4.79 Å². The number of aryl methyl sites for hydroxylation is 3. The van der Waals surface area contributed by atoms with Crippen molar-refractivity contribution in [2.24, 2.45) is 0 Å². The van der Waals surface area contributed by atoms with Crippen LogP contribution in [0.1, 0.15) is 67.7 Å². The van der Waals surface area contributed by atoms with Crippen LogP contribution in [0, 0.1) is 20.8 Å². The Labute approximate surface area is 135 Å². The van der Waals surface area contributed by atoms with E-state index in [1.54, 1.807) is 0 Å². The maximum absolute atomic E-state index is 12.7. The van der Waals surface area contributed by atoms with Crippen LogP contribution < -0.4 is 0 Å². The number of hydrogen-bond acceptors (Lipinski definition) is 1. The standard InChI is InChI=1S/C20H31NO/c1-5-8-18-9-6-7-12-21(18)20(22)11-10-19-16(3)13-15(2)14-17(19)4/h13-14,18H,5-12H2,1-4H3/t18-/m0/s1. The highest BCUT2D eigenvalue weighted by Crippen LogP contribution is 2.23. The van der Waals surface area contributed by atoms with Crippen molar-refractivity contribution in [2.45, 2.75) is 78.7 Å². The molecule has 22 heavy (non-hydrogen) atoms. The average Bonchev–Trinajstić information content (AvgIpc) is 2.46. The molecule has 0 N–H and O–H groups in total. The first kappa shape index (κ1) is 17.1. The zero-order valence-corrected chi connectivity index (χ0v) is 14.7. The van der Waals surface area contributed by atoms with E-state index in [1.165, 1.54) is 47.9 Å². The molecule has 1 aromatic rings. The van der Waals surface area contributed by atoms with Gasteiger partial charge in [0.1, 0.15) is 0 Å². The lowest BCUT2D eigenvalue weighted by Crippen LogP contribution is -2.43. The molecule has 0 aromatic heterocycles. The summed E-state index contributed by atoms with van der Waals surface area (Å²) in [5.74, 6) is 0.359. The highest BCUT2D eigenvalue weighted by molar-refractivity contribution is 5.77. The summed E-state index contributed by atoms with van der Waals surface area (Å²) in [4.78, 5) is 14.8. The minimum atomic E-state index is 0.359. The molecule has 1 fully saturated rings. The summed E-state index contributed by atoms with van der Waals surface area (Å²) in [6.07, 6.45) is 7.53. The van der Waals surface area contributed by atoms with Crippen molar-refractivity contribution in [3.05, 3.63) is 34.4 Å². The topological polar surface area (TPSA) is 20.3 Å². The Morgan fingerprint density at radius 3 is 2.50 bits per heavy atom. The van der Waals surface area contributed by atoms with E-state index in [1.807, 2.05) is 0 Å². The second kappa shape index (κ2) is 7.80. The number of rotatable bonds is 5. The van der Waals surface area contributed by atoms with Gasteiger partial charge in [-0.2, -0.15) is 0 Å². The molecule has 0 bridgehead atoms. The Balaban J connectivity index is 2.00. The van der Waals surface area contributed by atoms with Gasteiger partial charge in [-0.05, 0) is 69.6 Å². The number of carbonyl (C=O) groups is 1. The van der Waals surface area contributed by atoms with Crippen LogP contribution in [-0.2, 0) is 11.2 Å². The van der Waals surface area contributed by atoms with Gasteiger partial charge in [-0.15, -0.1) is 0 Å². The average molecular weight is 301 g/mol. The van der Waals surface area contributed by atoms with Crippen molar-refractivity contribution in [1.82, 2.24) is 4.90 Å². The van der Waals surface area contributed by atoms with Crippen molar-refractivity contribution in [2.75, 3.05) is 6.54 Å². The number of piperidine rings is 1. The first-order valence-electron chi connectivity index (χ1n) is 8.89. The van der Waals surface area contributed by atoms with Gasteiger partial charge < -0.3 is 4.90 Å². The molecule has 1 amide bonds. The van der Waals surface area contributed by atoms with Crippen LogP contribution in [0.25, 0.3) is 0 Å². The quantitative estimate of drug-likeness (QED) is 0.770. The Kier molecular flexibility index (Phi) is 6.05. The van der Waals surface area contributed by atoms with E-state index in [4.69, 9.17) is 0 Å². The summed E-state index contributed by atoms with van der Waals surface area (Å²) < 4.78 is 0. The summed E-state index contributed by atoms with van der Waals surface area (Å²) in [5.41, 5.74) is 5.33. The third-order valence-electron chi connectivity index (χ3n) is 5.00. The molecule has 0 saturated carbocycles. The molecule has 1 aliphatic heterocycles. The van der Waals surface area contributed by atoms with Crippen molar-refractivity contribution in [3.63, 3.8) is 0 Å². The minimum absolute atomic E-state index is 0.359. The van der Waals surface area contributed by atoms with Gasteiger partial charge in [0.25, 0.3) is 0 Å². The van der Waals surface area contributed by atoms with E-state index in [9.17, 15) is 4.79 Å². The SMILES string of the molecule is CCC[C@H]1CCCCN1C(=O)CCc1c(C)cc(C)cc1C. The predicted octanol–water partition coefficient (Wildman–Crippen LogP) is 4.73. The molecule has 0 spiro atoms. The van der Waals surface area contributed by atoms with Crippen molar-refractivity contribution in [1.29, 1.82) is 0 Å². The number of benzene rings is 1. The number of nitrogens with zero attached hydrogens (tertiary/aromatic N) is 1. The van der Waals surface area contributed by atoms with Gasteiger partial charge in [0.15, 0.2) is 0 Å². The molecule has 1 aliphatic rings. The highest BCUT2D eigenvalue weighted by Gasteiger charge is 2.25. The van der Waals surface area contributed by atoms with Crippen LogP contribution in [0.3, 0.4) is 0 Å². The van der Waals surface area contributed by atoms with E-state index >= 15 is 0 Å². The molecule has 1 atom stereocenters. The first-order valence-corrected chi connectivity index (χ1v) is 8.89. The number of likely N-dealkylation sites (tertiary alicyclic amines) is 1. The van der Waals surface area contributed by atoms with E-state index in [0.717, 1.165) is 19.4 Å². The third-order valence-corrected chi connectivity index (χ3v) is 5.00. The molecule has 0 unspecified atom stereocenters.